The van der Waals surface area contributed by atoms with Gasteiger partial charge >= 0.3 is 6.09 Å². The van der Waals surface area contributed by atoms with Gasteiger partial charge in [-0.15, -0.1) is 0 Å². The number of carbonyl (C=O) groups excluding carboxylic acids is 2. The van der Waals surface area contributed by atoms with Gasteiger partial charge in [0, 0.05) is 29.2 Å². The van der Waals surface area contributed by atoms with E-state index < -0.39 is 12.1 Å². The number of hydrogen-bond donors (Lipinski definition) is 3. The number of fused-ring (bicyclic) bond motifs is 1. The lowest BCUT2D eigenvalue weighted by atomic mass is 10.0. The van der Waals surface area contributed by atoms with Crippen LogP contribution < -0.4 is 10.6 Å². The Morgan fingerprint density at radius 3 is 2.52 bits per heavy atom. The summed E-state index contributed by atoms with van der Waals surface area (Å²) in [4.78, 5) is 29.0. The van der Waals surface area contributed by atoms with Gasteiger partial charge in [0.15, 0.2) is 0 Å². The molecule has 0 aliphatic rings. The fraction of sp³-hybridized carbons (Fsp3) is 0.185. The second-order valence-electron chi connectivity index (χ2n) is 8.13. The van der Waals surface area contributed by atoms with Crippen molar-refractivity contribution in [1.29, 1.82) is 0 Å². The third kappa shape index (κ3) is 5.60. The normalized spacial score (nSPS) is 11.7. The average molecular weight is 442 g/mol. The molecule has 0 radical (unpaired) electrons. The number of benzene rings is 3. The number of ether oxygens (including phenoxy) is 1. The number of aromatic amines is 1. The van der Waals surface area contributed by atoms with Crippen LogP contribution >= 0.6 is 0 Å². The molecule has 168 valence electrons. The lowest BCUT2D eigenvalue weighted by molar-refractivity contribution is -0.118. The van der Waals surface area contributed by atoms with Gasteiger partial charge in [0.25, 0.3) is 0 Å². The number of hydrogen-bond acceptors (Lipinski definition) is 3. The van der Waals surface area contributed by atoms with Crippen molar-refractivity contribution in [2.45, 2.75) is 32.9 Å². The molecule has 0 bridgehead atoms. The maximum absolute atomic E-state index is 13.2. The summed E-state index contributed by atoms with van der Waals surface area (Å²) in [5.41, 5.74) is 5.58. The largest absolute Gasteiger partial charge is 0.445 e. The number of nitrogens with one attached hydrogen (secondary N) is 3. The lowest BCUT2D eigenvalue weighted by Gasteiger charge is -2.19. The molecule has 0 saturated carbocycles. The molecule has 0 spiro atoms. The fourth-order valence-corrected chi connectivity index (χ4v) is 3.81. The van der Waals surface area contributed by atoms with E-state index in [0.717, 1.165) is 33.2 Å². The van der Waals surface area contributed by atoms with Gasteiger partial charge in [0.1, 0.15) is 12.6 Å². The van der Waals surface area contributed by atoms with Gasteiger partial charge in [-0.2, -0.15) is 0 Å². The van der Waals surface area contributed by atoms with Crippen molar-refractivity contribution in [3.63, 3.8) is 0 Å². The first-order valence-corrected chi connectivity index (χ1v) is 10.9. The summed E-state index contributed by atoms with van der Waals surface area (Å²) in [6, 6.07) is 22.3. The van der Waals surface area contributed by atoms with E-state index in [1.807, 2.05) is 92.8 Å². The molecule has 4 rings (SSSR count). The van der Waals surface area contributed by atoms with E-state index >= 15 is 0 Å². The highest BCUT2D eigenvalue weighted by Gasteiger charge is 2.24. The number of H-pyrrole nitrogens is 1. The highest BCUT2D eigenvalue weighted by atomic mass is 16.5. The number of aryl methyl sites for hydroxylation is 2. The van der Waals surface area contributed by atoms with Crippen molar-refractivity contribution in [2.75, 3.05) is 5.32 Å². The Bertz CT molecular complexity index is 1260. The summed E-state index contributed by atoms with van der Waals surface area (Å²) in [7, 11) is 0. The van der Waals surface area contributed by atoms with Gasteiger partial charge in [-0.1, -0.05) is 66.2 Å². The van der Waals surface area contributed by atoms with Gasteiger partial charge in [-0.05, 0) is 42.7 Å². The number of aromatic nitrogens is 1. The molecule has 0 aliphatic carbocycles. The SMILES string of the molecule is Cc1ccc(NC(=O)C(Cc2c[nH]c3ccccc23)NC(=O)OCc2ccccc2)c(C)c1. The zero-order chi connectivity index (χ0) is 23.2. The lowest BCUT2D eigenvalue weighted by Crippen LogP contribution is -2.45. The van der Waals surface area contributed by atoms with E-state index in [1.54, 1.807) is 0 Å². The molecule has 3 N–H and O–H groups in total. The van der Waals surface area contributed by atoms with Gasteiger partial charge in [0.05, 0.1) is 0 Å². The molecule has 2 amide bonds. The molecule has 33 heavy (non-hydrogen) atoms. The molecule has 1 atom stereocenters. The predicted molar refractivity (Wildman–Crippen MR) is 130 cm³/mol. The van der Waals surface area contributed by atoms with E-state index in [2.05, 4.69) is 15.6 Å². The third-order valence-electron chi connectivity index (χ3n) is 5.56. The van der Waals surface area contributed by atoms with Gasteiger partial charge in [-0.25, -0.2) is 4.79 Å². The van der Waals surface area contributed by atoms with Crippen molar-refractivity contribution >= 4 is 28.6 Å². The molecular formula is C27H27N3O3. The van der Waals surface area contributed by atoms with Crippen LogP contribution in [0.4, 0.5) is 10.5 Å². The highest BCUT2D eigenvalue weighted by molar-refractivity contribution is 5.98. The van der Waals surface area contributed by atoms with E-state index in [-0.39, 0.29) is 12.5 Å². The van der Waals surface area contributed by atoms with E-state index in [1.165, 1.54) is 0 Å². The van der Waals surface area contributed by atoms with Crippen LogP contribution in [0.2, 0.25) is 0 Å². The number of para-hydroxylation sites is 1. The standard InChI is InChI=1S/C27H27N3O3/c1-18-12-13-23(19(2)14-18)29-26(31)25(15-21-16-28-24-11-7-6-10-22(21)24)30-27(32)33-17-20-8-4-3-5-9-20/h3-14,16,25,28H,15,17H2,1-2H3,(H,29,31)(H,30,32). The van der Waals surface area contributed by atoms with Crippen LogP contribution in [0, 0.1) is 13.8 Å². The molecule has 6 nitrogen and oxygen atoms in total. The monoisotopic (exact) mass is 441 g/mol. The van der Waals surface area contributed by atoms with Crippen LogP contribution in [0.3, 0.4) is 0 Å². The quantitative estimate of drug-likeness (QED) is 0.366. The van der Waals surface area contributed by atoms with Crippen molar-refractivity contribution in [3.05, 3.63) is 101 Å². The van der Waals surface area contributed by atoms with Crippen LogP contribution in [0.15, 0.2) is 79.0 Å². The van der Waals surface area contributed by atoms with Crippen molar-refractivity contribution in [1.82, 2.24) is 10.3 Å². The number of carbonyl (C=O) groups is 2. The summed E-state index contributed by atoms with van der Waals surface area (Å²) >= 11 is 0. The molecule has 1 aromatic heterocycles. The first-order valence-electron chi connectivity index (χ1n) is 10.9. The summed E-state index contributed by atoms with van der Waals surface area (Å²) in [5, 5.41) is 6.73. The maximum Gasteiger partial charge on any atom is 0.408 e. The Morgan fingerprint density at radius 1 is 0.970 bits per heavy atom. The topological polar surface area (TPSA) is 83.2 Å². The Hall–Kier alpha value is -4.06. The number of rotatable bonds is 7. The van der Waals surface area contributed by atoms with Gasteiger partial charge in [-0.3, -0.25) is 4.79 Å². The predicted octanol–water partition coefficient (Wildman–Crippen LogP) is 5.26. The summed E-state index contributed by atoms with van der Waals surface area (Å²) in [6.07, 6.45) is 1.56. The number of anilines is 1. The van der Waals surface area contributed by atoms with E-state index in [9.17, 15) is 9.59 Å². The zero-order valence-electron chi connectivity index (χ0n) is 18.7. The Labute approximate surface area is 193 Å². The summed E-state index contributed by atoms with van der Waals surface area (Å²) < 4.78 is 5.37. The third-order valence-corrected chi connectivity index (χ3v) is 5.56. The molecule has 0 aliphatic heterocycles. The van der Waals surface area contributed by atoms with Crippen LogP contribution in [-0.2, 0) is 22.6 Å². The fourth-order valence-electron chi connectivity index (χ4n) is 3.81. The smallest absolute Gasteiger partial charge is 0.408 e. The Morgan fingerprint density at radius 2 is 1.73 bits per heavy atom. The molecular weight excluding hydrogens is 414 g/mol. The van der Waals surface area contributed by atoms with E-state index in [4.69, 9.17) is 4.74 Å². The molecule has 1 unspecified atom stereocenters. The summed E-state index contributed by atoms with van der Waals surface area (Å²) in [5.74, 6) is -0.302. The second-order valence-corrected chi connectivity index (χ2v) is 8.13. The van der Waals surface area contributed by atoms with Gasteiger partial charge < -0.3 is 20.4 Å². The maximum atomic E-state index is 13.2. The first kappa shape index (κ1) is 22.1. The minimum atomic E-state index is -0.812. The van der Waals surface area contributed by atoms with E-state index in [0.29, 0.717) is 12.1 Å². The molecule has 3 aromatic carbocycles. The van der Waals surface area contributed by atoms with Gasteiger partial charge in [0.2, 0.25) is 5.91 Å². The molecule has 0 fully saturated rings. The molecule has 0 saturated heterocycles. The van der Waals surface area contributed by atoms with Crippen molar-refractivity contribution < 1.29 is 14.3 Å². The molecule has 1 heterocycles. The van der Waals surface area contributed by atoms with Crippen LogP contribution in [0.25, 0.3) is 10.9 Å². The van der Waals surface area contributed by atoms with Crippen LogP contribution in [0.5, 0.6) is 0 Å². The number of amides is 2. The molecule has 6 heteroatoms. The Kier molecular flexibility index (Phi) is 6.74. The summed E-state index contributed by atoms with van der Waals surface area (Å²) in [6.45, 7) is 4.08. The van der Waals surface area contributed by atoms with Crippen LogP contribution in [0.1, 0.15) is 22.3 Å². The van der Waals surface area contributed by atoms with Crippen LogP contribution in [-0.4, -0.2) is 23.0 Å². The first-order chi connectivity index (χ1) is 16.0. The minimum Gasteiger partial charge on any atom is -0.445 e. The second kappa shape index (κ2) is 10.0. The minimum absolute atomic E-state index is 0.130. The zero-order valence-corrected chi connectivity index (χ0v) is 18.7. The number of alkyl carbamates (subject to hydrolysis) is 1. The Balaban J connectivity index is 1.51. The highest BCUT2D eigenvalue weighted by Crippen LogP contribution is 2.21. The van der Waals surface area contributed by atoms with Crippen molar-refractivity contribution in [3.8, 4) is 0 Å². The molecule has 4 aromatic rings. The van der Waals surface area contributed by atoms with Crippen molar-refractivity contribution in [2.24, 2.45) is 0 Å². The average Bonchev–Trinajstić information content (AvgIpc) is 3.22.